The van der Waals surface area contributed by atoms with Gasteiger partial charge in [-0.3, -0.25) is 0 Å². The third kappa shape index (κ3) is 3.19. The molecule has 1 aliphatic heterocycles. The summed E-state index contributed by atoms with van der Waals surface area (Å²) in [6, 6.07) is 12.4. The molecule has 1 atom stereocenters. The van der Waals surface area contributed by atoms with Crippen LogP contribution in [0.2, 0.25) is 0 Å². The molecule has 0 spiro atoms. The van der Waals surface area contributed by atoms with Gasteiger partial charge in [-0.05, 0) is 46.3 Å². The van der Waals surface area contributed by atoms with Crippen molar-refractivity contribution < 1.29 is 9.47 Å². The smallest absolute Gasteiger partial charge is 0.135 e. The van der Waals surface area contributed by atoms with E-state index in [1.165, 1.54) is 5.56 Å². The van der Waals surface area contributed by atoms with Gasteiger partial charge in [0.15, 0.2) is 0 Å². The topological polar surface area (TPSA) is 30.5 Å². The van der Waals surface area contributed by atoms with Gasteiger partial charge in [-0.2, -0.15) is 0 Å². The lowest BCUT2D eigenvalue weighted by atomic mass is 10.0. The summed E-state index contributed by atoms with van der Waals surface area (Å²) < 4.78 is 13.1. The van der Waals surface area contributed by atoms with Gasteiger partial charge in [0.2, 0.25) is 0 Å². The minimum absolute atomic E-state index is 0.233. The molecule has 1 unspecified atom stereocenters. The average Bonchev–Trinajstić information content (AvgIpc) is 2.50. The van der Waals surface area contributed by atoms with Crippen LogP contribution in [0, 0.1) is 0 Å². The number of fused-ring (bicyclic) bond motifs is 1. The summed E-state index contributed by atoms with van der Waals surface area (Å²) in [6.07, 6.45) is 0.932. The molecule has 1 N–H and O–H groups in total. The number of hydrogen-bond donors (Lipinski definition) is 1. The molecule has 3 rings (SSSR count). The summed E-state index contributed by atoms with van der Waals surface area (Å²) >= 11 is 7.00. The molecule has 5 heteroatoms. The van der Waals surface area contributed by atoms with E-state index < -0.39 is 0 Å². The molecule has 0 aromatic heterocycles. The Kier molecular flexibility index (Phi) is 4.40. The maximum atomic E-state index is 5.72. The molecule has 0 fully saturated rings. The van der Waals surface area contributed by atoms with Gasteiger partial charge in [0.05, 0.1) is 24.2 Å². The fourth-order valence-corrected chi connectivity index (χ4v) is 3.25. The van der Waals surface area contributed by atoms with E-state index in [1.807, 2.05) is 30.3 Å². The number of benzene rings is 2. The molecule has 110 valence electrons. The standard InChI is InChI=1S/C16H15Br2NO2/c1-20-16-9-11(3-4-13(16)18)19-14-6-7-21-15-5-2-10(17)8-12(14)15/h2-5,8-9,14,19H,6-7H2,1H3. The molecule has 2 aromatic carbocycles. The zero-order chi connectivity index (χ0) is 14.8. The van der Waals surface area contributed by atoms with Crippen molar-refractivity contribution in [3.05, 3.63) is 50.9 Å². The zero-order valence-corrected chi connectivity index (χ0v) is 14.7. The number of methoxy groups -OCH3 is 1. The predicted octanol–water partition coefficient (Wildman–Crippen LogP) is 5.16. The Bertz CT molecular complexity index is 661. The van der Waals surface area contributed by atoms with Crippen LogP contribution in [0.1, 0.15) is 18.0 Å². The highest BCUT2D eigenvalue weighted by molar-refractivity contribution is 9.10. The van der Waals surface area contributed by atoms with Crippen molar-refractivity contribution in [1.29, 1.82) is 0 Å². The Morgan fingerprint density at radius 3 is 2.86 bits per heavy atom. The summed E-state index contributed by atoms with van der Waals surface area (Å²) in [4.78, 5) is 0. The van der Waals surface area contributed by atoms with Crippen molar-refractivity contribution in [2.75, 3.05) is 19.0 Å². The van der Waals surface area contributed by atoms with E-state index in [0.717, 1.165) is 39.2 Å². The van der Waals surface area contributed by atoms with Gasteiger partial charge in [-0.1, -0.05) is 15.9 Å². The van der Waals surface area contributed by atoms with Gasteiger partial charge < -0.3 is 14.8 Å². The third-order valence-electron chi connectivity index (χ3n) is 3.50. The van der Waals surface area contributed by atoms with E-state index in [2.05, 4.69) is 43.2 Å². The molecular formula is C16H15Br2NO2. The van der Waals surface area contributed by atoms with Crippen molar-refractivity contribution in [2.45, 2.75) is 12.5 Å². The zero-order valence-electron chi connectivity index (χ0n) is 11.5. The van der Waals surface area contributed by atoms with E-state index in [1.54, 1.807) is 7.11 Å². The van der Waals surface area contributed by atoms with Gasteiger partial charge in [-0.15, -0.1) is 0 Å². The Morgan fingerprint density at radius 2 is 2.05 bits per heavy atom. The second kappa shape index (κ2) is 6.28. The molecule has 0 amide bonds. The molecule has 21 heavy (non-hydrogen) atoms. The highest BCUT2D eigenvalue weighted by Gasteiger charge is 2.21. The van der Waals surface area contributed by atoms with Gasteiger partial charge in [0, 0.05) is 28.2 Å². The monoisotopic (exact) mass is 411 g/mol. The summed E-state index contributed by atoms with van der Waals surface area (Å²) in [5.41, 5.74) is 2.21. The SMILES string of the molecule is COc1cc(NC2CCOc3ccc(Br)cc32)ccc1Br. The molecule has 1 aliphatic rings. The predicted molar refractivity (Wildman–Crippen MR) is 91.3 cm³/mol. The van der Waals surface area contributed by atoms with Gasteiger partial charge in [0.1, 0.15) is 11.5 Å². The van der Waals surface area contributed by atoms with E-state index in [-0.39, 0.29) is 6.04 Å². The molecule has 0 radical (unpaired) electrons. The van der Waals surface area contributed by atoms with E-state index >= 15 is 0 Å². The normalized spacial score (nSPS) is 16.8. The van der Waals surface area contributed by atoms with Crippen LogP contribution in [-0.4, -0.2) is 13.7 Å². The van der Waals surface area contributed by atoms with E-state index in [9.17, 15) is 0 Å². The molecule has 0 aliphatic carbocycles. The number of ether oxygens (including phenoxy) is 2. The maximum Gasteiger partial charge on any atom is 0.135 e. The van der Waals surface area contributed by atoms with Crippen LogP contribution in [0.3, 0.4) is 0 Å². The van der Waals surface area contributed by atoms with Crippen molar-refractivity contribution in [3.8, 4) is 11.5 Å². The quantitative estimate of drug-likeness (QED) is 0.755. The summed E-state index contributed by atoms with van der Waals surface area (Å²) in [5, 5.41) is 3.56. The van der Waals surface area contributed by atoms with Crippen molar-refractivity contribution >= 4 is 37.5 Å². The largest absolute Gasteiger partial charge is 0.495 e. The number of halogens is 2. The fraction of sp³-hybridized carbons (Fsp3) is 0.250. The molecule has 2 aromatic rings. The van der Waals surface area contributed by atoms with Gasteiger partial charge in [-0.25, -0.2) is 0 Å². The number of nitrogens with one attached hydrogen (secondary N) is 1. The van der Waals surface area contributed by atoms with Gasteiger partial charge >= 0.3 is 0 Å². The van der Waals surface area contributed by atoms with Crippen LogP contribution < -0.4 is 14.8 Å². The van der Waals surface area contributed by atoms with Crippen LogP contribution in [0.15, 0.2) is 45.3 Å². The van der Waals surface area contributed by atoms with E-state index in [4.69, 9.17) is 9.47 Å². The van der Waals surface area contributed by atoms with Crippen LogP contribution in [0.4, 0.5) is 5.69 Å². The van der Waals surface area contributed by atoms with Crippen LogP contribution in [-0.2, 0) is 0 Å². The minimum atomic E-state index is 0.233. The van der Waals surface area contributed by atoms with Crippen LogP contribution in [0.5, 0.6) is 11.5 Å². The maximum absolute atomic E-state index is 5.72. The minimum Gasteiger partial charge on any atom is -0.495 e. The van der Waals surface area contributed by atoms with Gasteiger partial charge in [0.25, 0.3) is 0 Å². The lowest BCUT2D eigenvalue weighted by molar-refractivity contribution is 0.274. The van der Waals surface area contributed by atoms with Crippen molar-refractivity contribution in [1.82, 2.24) is 0 Å². The number of anilines is 1. The molecule has 0 saturated heterocycles. The first-order valence-corrected chi connectivity index (χ1v) is 8.28. The first-order chi connectivity index (χ1) is 10.2. The highest BCUT2D eigenvalue weighted by Crippen LogP contribution is 2.37. The van der Waals surface area contributed by atoms with Crippen molar-refractivity contribution in [2.24, 2.45) is 0 Å². The summed E-state index contributed by atoms with van der Waals surface area (Å²) in [5.74, 6) is 1.77. The lowest BCUT2D eigenvalue weighted by Crippen LogP contribution is -2.20. The first kappa shape index (κ1) is 14.7. The summed E-state index contributed by atoms with van der Waals surface area (Å²) in [6.45, 7) is 0.722. The second-order valence-electron chi connectivity index (χ2n) is 4.87. The first-order valence-electron chi connectivity index (χ1n) is 6.69. The third-order valence-corrected chi connectivity index (χ3v) is 4.65. The van der Waals surface area contributed by atoms with Crippen molar-refractivity contribution in [3.63, 3.8) is 0 Å². The number of hydrogen-bond acceptors (Lipinski definition) is 3. The summed E-state index contributed by atoms with van der Waals surface area (Å²) in [7, 11) is 1.67. The Balaban J connectivity index is 1.88. The Labute approximate surface area is 140 Å². The highest BCUT2D eigenvalue weighted by atomic mass is 79.9. The Hall–Kier alpha value is -1.20. The lowest BCUT2D eigenvalue weighted by Gasteiger charge is -2.28. The Morgan fingerprint density at radius 1 is 1.19 bits per heavy atom. The molecule has 0 bridgehead atoms. The molecule has 1 heterocycles. The molecular weight excluding hydrogens is 398 g/mol. The fourth-order valence-electron chi connectivity index (χ4n) is 2.47. The van der Waals surface area contributed by atoms with Crippen LogP contribution in [0.25, 0.3) is 0 Å². The number of rotatable bonds is 3. The second-order valence-corrected chi connectivity index (χ2v) is 6.64. The molecule has 0 saturated carbocycles. The molecule has 3 nitrogen and oxygen atoms in total. The average molecular weight is 413 g/mol. The van der Waals surface area contributed by atoms with Crippen LogP contribution >= 0.6 is 31.9 Å². The van der Waals surface area contributed by atoms with E-state index in [0.29, 0.717) is 0 Å².